The topological polar surface area (TPSA) is 29.3 Å². The molecular formula is C13H17FN2. The zero-order chi connectivity index (χ0) is 11.1. The molecule has 3 fully saturated rings. The SMILES string of the molecule is NC1CC2CCC1CN2c1ccccc1F. The third-order valence-corrected chi connectivity index (χ3v) is 4.05. The van der Waals surface area contributed by atoms with Crippen LogP contribution < -0.4 is 10.6 Å². The third kappa shape index (κ3) is 1.50. The second kappa shape index (κ2) is 3.74. The molecule has 1 saturated carbocycles. The first-order chi connectivity index (χ1) is 7.75. The van der Waals surface area contributed by atoms with Crippen molar-refractivity contribution in [3.8, 4) is 0 Å². The van der Waals surface area contributed by atoms with Crippen LogP contribution in [0.1, 0.15) is 19.3 Å². The van der Waals surface area contributed by atoms with Gasteiger partial charge < -0.3 is 10.6 Å². The van der Waals surface area contributed by atoms with Gasteiger partial charge in [0.1, 0.15) is 5.82 Å². The minimum absolute atomic E-state index is 0.108. The minimum atomic E-state index is -0.108. The Bertz CT molecular complexity index is 393. The highest BCUT2D eigenvalue weighted by atomic mass is 19.1. The van der Waals surface area contributed by atoms with Gasteiger partial charge in [-0.05, 0) is 37.3 Å². The molecular weight excluding hydrogens is 203 g/mol. The Morgan fingerprint density at radius 2 is 2.06 bits per heavy atom. The van der Waals surface area contributed by atoms with Crippen molar-refractivity contribution in [2.45, 2.75) is 31.3 Å². The summed E-state index contributed by atoms with van der Waals surface area (Å²) < 4.78 is 13.7. The van der Waals surface area contributed by atoms with Gasteiger partial charge in [0.25, 0.3) is 0 Å². The highest BCUT2D eigenvalue weighted by Gasteiger charge is 2.39. The largest absolute Gasteiger partial charge is 0.366 e. The molecule has 86 valence electrons. The van der Waals surface area contributed by atoms with E-state index >= 15 is 0 Å². The number of hydrogen-bond acceptors (Lipinski definition) is 2. The lowest BCUT2D eigenvalue weighted by atomic mass is 9.76. The molecule has 16 heavy (non-hydrogen) atoms. The number of nitrogens with two attached hydrogens (primary N) is 1. The maximum atomic E-state index is 13.7. The summed E-state index contributed by atoms with van der Waals surface area (Å²) in [5.41, 5.74) is 6.83. The second-order valence-electron chi connectivity index (χ2n) is 4.99. The fraction of sp³-hybridized carbons (Fsp3) is 0.538. The van der Waals surface area contributed by atoms with Crippen LogP contribution in [0.25, 0.3) is 0 Å². The van der Waals surface area contributed by atoms with E-state index in [4.69, 9.17) is 5.73 Å². The number of hydrogen-bond donors (Lipinski definition) is 1. The van der Waals surface area contributed by atoms with Crippen molar-refractivity contribution in [1.82, 2.24) is 0 Å². The number of rotatable bonds is 1. The monoisotopic (exact) mass is 220 g/mol. The molecule has 3 aliphatic rings. The average molecular weight is 220 g/mol. The molecule has 0 radical (unpaired) electrons. The zero-order valence-electron chi connectivity index (χ0n) is 9.27. The minimum Gasteiger partial charge on any atom is -0.366 e. The van der Waals surface area contributed by atoms with Crippen LogP contribution in [0.2, 0.25) is 0 Å². The van der Waals surface area contributed by atoms with Crippen LogP contribution in [0.3, 0.4) is 0 Å². The van der Waals surface area contributed by atoms with Gasteiger partial charge in [-0.25, -0.2) is 4.39 Å². The van der Waals surface area contributed by atoms with Crippen LogP contribution in [-0.4, -0.2) is 18.6 Å². The molecule has 2 aliphatic heterocycles. The number of benzene rings is 1. The van der Waals surface area contributed by atoms with Gasteiger partial charge in [0.15, 0.2) is 0 Å². The Morgan fingerprint density at radius 1 is 1.25 bits per heavy atom. The fourth-order valence-corrected chi connectivity index (χ4v) is 3.14. The van der Waals surface area contributed by atoms with E-state index in [0.29, 0.717) is 18.0 Å². The molecule has 2 saturated heterocycles. The summed E-state index contributed by atoms with van der Waals surface area (Å²) in [4.78, 5) is 2.22. The van der Waals surface area contributed by atoms with E-state index in [1.165, 1.54) is 12.5 Å². The van der Waals surface area contributed by atoms with Gasteiger partial charge in [-0.15, -0.1) is 0 Å². The maximum Gasteiger partial charge on any atom is 0.146 e. The standard InChI is InChI=1S/C13H17FN2/c14-11-3-1-2-4-13(11)16-8-9-5-6-10(16)7-12(9)15/h1-4,9-10,12H,5-8,15H2. The molecule has 2 heterocycles. The van der Waals surface area contributed by atoms with Crippen molar-refractivity contribution in [1.29, 1.82) is 0 Å². The van der Waals surface area contributed by atoms with Crippen molar-refractivity contribution < 1.29 is 4.39 Å². The first-order valence-electron chi connectivity index (χ1n) is 6.02. The lowest BCUT2D eigenvalue weighted by molar-refractivity contribution is 0.215. The number of nitrogens with zero attached hydrogens (tertiary/aromatic N) is 1. The highest BCUT2D eigenvalue weighted by molar-refractivity contribution is 5.50. The Hall–Kier alpha value is -1.09. The van der Waals surface area contributed by atoms with Gasteiger partial charge in [0.05, 0.1) is 5.69 Å². The molecule has 2 nitrogen and oxygen atoms in total. The van der Waals surface area contributed by atoms with Crippen LogP contribution in [-0.2, 0) is 0 Å². The number of fused-ring (bicyclic) bond motifs is 3. The predicted molar refractivity (Wildman–Crippen MR) is 62.9 cm³/mol. The van der Waals surface area contributed by atoms with Crippen LogP contribution in [0, 0.1) is 11.7 Å². The van der Waals surface area contributed by atoms with E-state index < -0.39 is 0 Å². The van der Waals surface area contributed by atoms with E-state index in [1.54, 1.807) is 6.07 Å². The van der Waals surface area contributed by atoms with E-state index in [2.05, 4.69) is 4.90 Å². The van der Waals surface area contributed by atoms with Crippen LogP contribution in [0.15, 0.2) is 24.3 Å². The molecule has 0 aromatic heterocycles. The smallest absolute Gasteiger partial charge is 0.146 e. The fourth-order valence-electron chi connectivity index (χ4n) is 3.14. The van der Waals surface area contributed by atoms with Gasteiger partial charge in [-0.1, -0.05) is 12.1 Å². The molecule has 1 aromatic carbocycles. The molecule has 1 aliphatic carbocycles. The number of halogens is 1. The molecule has 3 unspecified atom stereocenters. The van der Waals surface area contributed by atoms with Crippen LogP contribution in [0.4, 0.5) is 10.1 Å². The van der Waals surface area contributed by atoms with Gasteiger partial charge in [-0.2, -0.15) is 0 Å². The van der Waals surface area contributed by atoms with Gasteiger partial charge in [0, 0.05) is 18.6 Å². The van der Waals surface area contributed by atoms with Crippen molar-refractivity contribution in [3.05, 3.63) is 30.1 Å². The van der Waals surface area contributed by atoms with Crippen molar-refractivity contribution in [2.24, 2.45) is 11.7 Å². The molecule has 0 amide bonds. The van der Waals surface area contributed by atoms with Gasteiger partial charge >= 0.3 is 0 Å². The Balaban J connectivity index is 1.90. The Morgan fingerprint density at radius 3 is 2.69 bits per heavy atom. The van der Waals surface area contributed by atoms with E-state index in [1.807, 2.05) is 12.1 Å². The predicted octanol–water partition coefficient (Wildman–Crippen LogP) is 2.14. The van der Waals surface area contributed by atoms with Crippen molar-refractivity contribution in [3.63, 3.8) is 0 Å². The number of anilines is 1. The Labute approximate surface area is 95.2 Å². The zero-order valence-corrected chi connectivity index (χ0v) is 9.27. The Kier molecular flexibility index (Phi) is 2.36. The van der Waals surface area contributed by atoms with Gasteiger partial charge in [0.2, 0.25) is 0 Å². The maximum absolute atomic E-state index is 13.7. The van der Waals surface area contributed by atoms with Crippen LogP contribution in [0.5, 0.6) is 0 Å². The van der Waals surface area contributed by atoms with E-state index in [0.717, 1.165) is 25.1 Å². The number of piperidine rings is 2. The average Bonchev–Trinajstić information content (AvgIpc) is 2.30. The summed E-state index contributed by atoms with van der Waals surface area (Å²) in [5.74, 6) is 0.438. The first kappa shape index (κ1) is 10.1. The van der Waals surface area contributed by atoms with E-state index in [9.17, 15) is 4.39 Å². The molecule has 3 heteroatoms. The first-order valence-corrected chi connectivity index (χ1v) is 6.02. The summed E-state index contributed by atoms with van der Waals surface area (Å²) >= 11 is 0. The van der Waals surface area contributed by atoms with Crippen LogP contribution >= 0.6 is 0 Å². The number of para-hydroxylation sites is 1. The third-order valence-electron chi connectivity index (χ3n) is 4.05. The molecule has 2 bridgehead atoms. The van der Waals surface area contributed by atoms with Crippen molar-refractivity contribution >= 4 is 5.69 Å². The molecule has 2 N–H and O–H groups in total. The summed E-state index contributed by atoms with van der Waals surface area (Å²) in [6.07, 6.45) is 3.38. The second-order valence-corrected chi connectivity index (χ2v) is 4.99. The summed E-state index contributed by atoms with van der Waals surface area (Å²) in [6.45, 7) is 0.923. The normalized spacial score (nSPS) is 33.1. The lowest BCUT2D eigenvalue weighted by Crippen LogP contribution is -2.57. The molecule has 0 spiro atoms. The van der Waals surface area contributed by atoms with Gasteiger partial charge in [-0.3, -0.25) is 0 Å². The highest BCUT2D eigenvalue weighted by Crippen LogP contribution is 2.37. The van der Waals surface area contributed by atoms with Crippen molar-refractivity contribution in [2.75, 3.05) is 11.4 Å². The summed E-state index contributed by atoms with van der Waals surface area (Å²) in [6, 6.07) is 7.82. The summed E-state index contributed by atoms with van der Waals surface area (Å²) in [5, 5.41) is 0. The molecule has 1 aromatic rings. The lowest BCUT2D eigenvalue weighted by Gasteiger charge is -2.49. The molecule has 3 atom stereocenters. The molecule has 4 rings (SSSR count). The quantitative estimate of drug-likeness (QED) is 0.785. The van der Waals surface area contributed by atoms with E-state index in [-0.39, 0.29) is 5.82 Å². The summed E-state index contributed by atoms with van der Waals surface area (Å²) in [7, 11) is 0.